The summed E-state index contributed by atoms with van der Waals surface area (Å²) in [5.74, 6) is -1.12. The van der Waals surface area contributed by atoms with Gasteiger partial charge in [0.05, 0.1) is 44.4 Å². The highest BCUT2D eigenvalue weighted by atomic mass is 19.1. The van der Waals surface area contributed by atoms with Crippen LogP contribution in [0.25, 0.3) is 0 Å². The van der Waals surface area contributed by atoms with E-state index >= 15 is 0 Å². The molecule has 10 heteroatoms. The van der Waals surface area contributed by atoms with Crippen LogP contribution in [0, 0.1) is 11.6 Å². The lowest BCUT2D eigenvalue weighted by molar-refractivity contribution is -0.149. The maximum Gasteiger partial charge on any atom is 0.322 e. The predicted octanol–water partition coefficient (Wildman–Crippen LogP) is 2.81. The second kappa shape index (κ2) is 11.6. The van der Waals surface area contributed by atoms with Crippen molar-refractivity contribution in [3.8, 4) is 0 Å². The van der Waals surface area contributed by atoms with Gasteiger partial charge in [0.15, 0.2) is 0 Å². The number of anilines is 1. The summed E-state index contributed by atoms with van der Waals surface area (Å²) in [6.45, 7) is 0.293. The fraction of sp³-hybridized carbons (Fsp3) is 0.440. The molecule has 0 unspecified atom stereocenters. The molecule has 0 bridgehead atoms. The number of aliphatic hydroxyl groups excluding tert-OH is 1. The molecule has 8 nitrogen and oxygen atoms in total. The monoisotopic (exact) mass is 489 g/mol. The van der Waals surface area contributed by atoms with Crippen LogP contribution in [-0.2, 0) is 20.8 Å². The lowest BCUT2D eigenvalue weighted by atomic mass is 9.95. The van der Waals surface area contributed by atoms with Crippen molar-refractivity contribution in [1.82, 2.24) is 10.2 Å². The first kappa shape index (κ1) is 25.0. The van der Waals surface area contributed by atoms with Gasteiger partial charge in [0.25, 0.3) is 0 Å². The molecule has 4 atom stereocenters. The van der Waals surface area contributed by atoms with Gasteiger partial charge in [-0.2, -0.15) is 0 Å². The minimum Gasteiger partial charge on any atom is -0.389 e. The van der Waals surface area contributed by atoms with E-state index in [1.807, 2.05) is 0 Å². The number of β-amino-alcohol motifs (C(OH)–C–C–N with tert-alkyl or cyclic N) is 1. The van der Waals surface area contributed by atoms with Crippen LogP contribution in [0.5, 0.6) is 0 Å². The number of hydrogen-bond donors (Lipinski definition) is 3. The molecule has 0 spiro atoms. The molecule has 3 amide bonds. The number of urea groups is 1. The number of nitrogens with one attached hydrogen (secondary N) is 2. The molecule has 3 N–H and O–H groups in total. The largest absolute Gasteiger partial charge is 0.389 e. The van der Waals surface area contributed by atoms with Gasteiger partial charge in [0, 0.05) is 17.8 Å². The van der Waals surface area contributed by atoms with Crippen molar-refractivity contribution in [3.63, 3.8) is 0 Å². The second-order valence-corrected chi connectivity index (χ2v) is 8.80. The summed E-state index contributed by atoms with van der Waals surface area (Å²) in [6.07, 6.45) is -0.639. The smallest absolute Gasteiger partial charge is 0.322 e. The van der Waals surface area contributed by atoms with E-state index in [0.29, 0.717) is 24.1 Å². The Morgan fingerprint density at radius 1 is 1.09 bits per heavy atom. The van der Waals surface area contributed by atoms with E-state index in [2.05, 4.69) is 10.6 Å². The molecule has 35 heavy (non-hydrogen) atoms. The van der Waals surface area contributed by atoms with E-state index in [9.17, 15) is 23.5 Å². The van der Waals surface area contributed by atoms with Gasteiger partial charge in [0.1, 0.15) is 17.7 Å². The Labute approximate surface area is 202 Å². The number of carbonyl (C=O) groups excluding carboxylic acids is 2. The number of ether oxygens (including phenoxy) is 2. The van der Waals surface area contributed by atoms with Crippen molar-refractivity contribution < 1.29 is 33.0 Å². The third-order valence-corrected chi connectivity index (χ3v) is 6.16. The van der Waals surface area contributed by atoms with Gasteiger partial charge in [-0.05, 0) is 37.1 Å². The van der Waals surface area contributed by atoms with Gasteiger partial charge in [-0.3, -0.25) is 4.79 Å². The summed E-state index contributed by atoms with van der Waals surface area (Å²) in [7, 11) is 0. The third kappa shape index (κ3) is 6.74. The van der Waals surface area contributed by atoms with E-state index in [1.54, 1.807) is 24.3 Å². The summed E-state index contributed by atoms with van der Waals surface area (Å²) in [6, 6.07) is 10.9. The molecule has 0 aromatic heterocycles. The van der Waals surface area contributed by atoms with E-state index in [1.165, 1.54) is 29.2 Å². The molecule has 188 valence electrons. The quantitative estimate of drug-likeness (QED) is 0.600. The zero-order valence-electron chi connectivity index (χ0n) is 19.2. The Hall–Kier alpha value is -3.08. The molecule has 2 aliphatic heterocycles. The Morgan fingerprint density at radius 2 is 1.91 bits per heavy atom. The van der Waals surface area contributed by atoms with Gasteiger partial charge in [-0.1, -0.05) is 24.3 Å². The number of rotatable bonds is 5. The predicted molar refractivity (Wildman–Crippen MR) is 123 cm³/mol. The summed E-state index contributed by atoms with van der Waals surface area (Å²) >= 11 is 0. The average molecular weight is 490 g/mol. The zero-order valence-corrected chi connectivity index (χ0v) is 19.2. The van der Waals surface area contributed by atoms with Crippen LogP contribution in [0.4, 0.5) is 19.3 Å². The van der Waals surface area contributed by atoms with Crippen LogP contribution in [0.3, 0.4) is 0 Å². The van der Waals surface area contributed by atoms with Gasteiger partial charge in [0.2, 0.25) is 5.91 Å². The number of fused-ring (bicyclic) bond motifs is 1. The third-order valence-electron chi connectivity index (χ3n) is 6.16. The fourth-order valence-corrected chi connectivity index (χ4v) is 4.45. The van der Waals surface area contributed by atoms with E-state index in [0.717, 1.165) is 0 Å². The molecule has 0 radical (unpaired) electrons. The number of hydrogen-bond acceptors (Lipinski definition) is 5. The highest BCUT2D eigenvalue weighted by Gasteiger charge is 2.40. The Bertz CT molecular complexity index is 1040. The summed E-state index contributed by atoms with van der Waals surface area (Å²) < 4.78 is 39.0. The van der Waals surface area contributed by atoms with E-state index in [4.69, 9.17) is 9.47 Å². The first-order valence-corrected chi connectivity index (χ1v) is 11.6. The highest BCUT2D eigenvalue weighted by molar-refractivity contribution is 5.89. The summed E-state index contributed by atoms with van der Waals surface area (Å²) in [4.78, 5) is 27.0. The van der Waals surface area contributed by atoms with Crippen LogP contribution in [0.15, 0.2) is 48.5 Å². The normalized spacial score (nSPS) is 24.6. The van der Waals surface area contributed by atoms with Crippen molar-refractivity contribution in [1.29, 1.82) is 0 Å². The molecular formula is C25H29F2N3O5. The van der Waals surface area contributed by atoms with Crippen LogP contribution in [-0.4, -0.2) is 66.1 Å². The maximum atomic E-state index is 13.8. The number of carbonyl (C=O) groups is 2. The van der Waals surface area contributed by atoms with Crippen LogP contribution in [0.2, 0.25) is 0 Å². The van der Waals surface area contributed by atoms with Crippen molar-refractivity contribution in [3.05, 3.63) is 65.7 Å². The van der Waals surface area contributed by atoms with Gasteiger partial charge >= 0.3 is 6.03 Å². The van der Waals surface area contributed by atoms with Gasteiger partial charge < -0.3 is 30.1 Å². The molecule has 0 saturated carbocycles. The second-order valence-electron chi connectivity index (χ2n) is 8.80. The van der Waals surface area contributed by atoms with E-state index in [-0.39, 0.29) is 44.4 Å². The first-order valence-electron chi connectivity index (χ1n) is 11.6. The van der Waals surface area contributed by atoms with Gasteiger partial charge in [-0.25, -0.2) is 13.6 Å². The SMILES string of the molecule is O=C(C[C@@H]1CC[C@@H]2[C@H](COC[C@@H](O)CN2C(=O)Nc2cccc(F)c2)O1)NCc1ccccc1F. The molecule has 2 aromatic rings. The Balaban J connectivity index is 1.36. The molecule has 2 saturated heterocycles. The van der Waals surface area contributed by atoms with Gasteiger partial charge in [-0.15, -0.1) is 0 Å². The number of aliphatic hydroxyl groups is 1. The number of amides is 3. The molecule has 4 rings (SSSR count). The van der Waals surface area contributed by atoms with Crippen molar-refractivity contribution in [2.75, 3.05) is 25.1 Å². The average Bonchev–Trinajstić information content (AvgIpc) is 2.81. The topological polar surface area (TPSA) is 100 Å². The minimum absolute atomic E-state index is 0.0273. The summed E-state index contributed by atoms with van der Waals surface area (Å²) in [5, 5.41) is 15.6. The zero-order chi connectivity index (χ0) is 24.8. The molecular weight excluding hydrogens is 460 g/mol. The molecule has 2 heterocycles. The molecule has 0 aliphatic carbocycles. The van der Waals surface area contributed by atoms with E-state index < -0.39 is 36.2 Å². The van der Waals surface area contributed by atoms with Crippen LogP contribution >= 0.6 is 0 Å². The molecule has 2 fully saturated rings. The molecule has 2 aromatic carbocycles. The highest BCUT2D eigenvalue weighted by Crippen LogP contribution is 2.28. The number of nitrogens with zero attached hydrogens (tertiary/aromatic N) is 1. The minimum atomic E-state index is -0.879. The lowest BCUT2D eigenvalue weighted by Crippen LogP contribution is -2.58. The lowest BCUT2D eigenvalue weighted by Gasteiger charge is -2.44. The van der Waals surface area contributed by atoms with Crippen molar-refractivity contribution >= 4 is 17.6 Å². The number of halogens is 2. The fourth-order valence-electron chi connectivity index (χ4n) is 4.45. The number of benzene rings is 2. The van der Waals surface area contributed by atoms with Crippen molar-refractivity contribution in [2.24, 2.45) is 0 Å². The molecule has 2 aliphatic rings. The summed E-state index contributed by atoms with van der Waals surface area (Å²) in [5.41, 5.74) is 0.706. The Morgan fingerprint density at radius 3 is 2.71 bits per heavy atom. The Kier molecular flexibility index (Phi) is 8.27. The van der Waals surface area contributed by atoms with Crippen molar-refractivity contribution in [2.45, 2.75) is 50.2 Å². The van der Waals surface area contributed by atoms with Crippen LogP contribution < -0.4 is 10.6 Å². The van der Waals surface area contributed by atoms with Crippen LogP contribution in [0.1, 0.15) is 24.8 Å². The maximum absolute atomic E-state index is 13.8. The standard InChI is InChI=1S/C25H29F2N3O5/c26-17-5-3-6-18(10-17)29-25(33)30-13-19(31)14-34-15-23-22(30)9-8-20(35-23)11-24(32)28-12-16-4-1-2-7-21(16)27/h1-7,10,19-20,22-23,31H,8-9,11-15H2,(H,28,32)(H,29,33)/t19-,20-,22+,23-/m0/s1. The first-order chi connectivity index (χ1) is 16.9.